The molecule has 4 aliphatic heterocycles. The molecule has 11 heteroatoms. The fourth-order valence-corrected chi connectivity index (χ4v) is 10.2. The summed E-state index contributed by atoms with van der Waals surface area (Å²) in [5, 5.41) is 3.29. The molecule has 0 unspecified atom stereocenters. The van der Waals surface area contributed by atoms with Crippen molar-refractivity contribution in [2.45, 2.75) is 84.2 Å². The molecular weight excluding hydrogens is 751 g/mol. The molecule has 3 fully saturated rings. The molecule has 3 amide bonds. The number of hydrogen-bond acceptors (Lipinski definition) is 8. The largest absolute Gasteiger partial charge is 0.368 e. The van der Waals surface area contributed by atoms with Crippen LogP contribution in [-0.2, 0) is 38.6 Å². The van der Waals surface area contributed by atoms with Gasteiger partial charge in [-0.1, -0.05) is 37.3 Å². The first kappa shape index (κ1) is 41.6. The molecule has 8 rings (SSSR count). The van der Waals surface area contributed by atoms with Gasteiger partial charge < -0.3 is 24.9 Å². The van der Waals surface area contributed by atoms with Gasteiger partial charge in [0, 0.05) is 76.4 Å². The molecule has 0 spiro atoms. The molecule has 0 bridgehead atoms. The number of aryl methyl sites for hydroxylation is 1. The van der Waals surface area contributed by atoms with Crippen molar-refractivity contribution < 1.29 is 19.2 Å². The van der Waals surface area contributed by atoms with E-state index in [-0.39, 0.29) is 35.8 Å². The first-order valence-corrected chi connectivity index (χ1v) is 22.4. The van der Waals surface area contributed by atoms with E-state index in [2.05, 4.69) is 63.2 Å². The first-order valence-electron chi connectivity index (χ1n) is 22.4. The van der Waals surface area contributed by atoms with E-state index in [1.807, 2.05) is 46.3 Å². The van der Waals surface area contributed by atoms with Crippen molar-refractivity contribution in [3.63, 3.8) is 0 Å². The standard InChI is InChI=1S/C49H61N7O4/c1-3-16-53-17-10-35(11-18-53)28-45(49(60)56-23-21-54(22-24-56)42-8-14-50-15-9-42)52-48(59)40(26-36-25-34(2)44-33-51-32-41(44)27-36)31-47(58)55-19-12-37(13-20-55)43-29-38-6-4-5-7-39(38)30-46(43)57/h4-9,14-15,25,27,29,32,35,37,40,45H,3,10-13,16-24,26,28,30-31,33H2,1-2H3,(H,52,59)/t40-,45-/m0/s1. The number of piperazine rings is 1. The van der Waals surface area contributed by atoms with Crippen LogP contribution in [0.5, 0.6) is 0 Å². The second-order valence-electron chi connectivity index (χ2n) is 17.7. The van der Waals surface area contributed by atoms with Crippen LogP contribution in [0.3, 0.4) is 0 Å². The Morgan fingerprint density at radius 1 is 0.867 bits per heavy atom. The Kier molecular flexibility index (Phi) is 13.2. The van der Waals surface area contributed by atoms with Gasteiger partial charge in [-0.25, -0.2) is 0 Å². The summed E-state index contributed by atoms with van der Waals surface area (Å²) in [7, 11) is 0. The normalized spacial score (nSPS) is 19.7. The summed E-state index contributed by atoms with van der Waals surface area (Å²) in [6.45, 7) is 11.7. The molecule has 2 aromatic carbocycles. The Hall–Kier alpha value is -5.16. The van der Waals surface area contributed by atoms with Gasteiger partial charge in [-0.15, -0.1) is 0 Å². The SMILES string of the molecule is CCCN1CCC(C[C@H](NC(=O)[C@H](CC(=O)N2CCC(C3=Cc4ccccc4CC3=O)CC2)Cc2cc(C)c3c(c2)C=NC3)C(=O)N2CCN(c3ccncc3)CC2)CC1. The van der Waals surface area contributed by atoms with Gasteiger partial charge in [-0.05, 0) is 147 Å². The molecule has 316 valence electrons. The van der Waals surface area contributed by atoms with Gasteiger partial charge in [-0.2, -0.15) is 0 Å². The number of ketones is 1. The number of nitrogens with zero attached hydrogens (tertiary/aromatic N) is 6. The quantitative estimate of drug-likeness (QED) is 0.237. The van der Waals surface area contributed by atoms with Crippen LogP contribution in [0.25, 0.3) is 6.08 Å². The molecule has 1 aliphatic carbocycles. The smallest absolute Gasteiger partial charge is 0.245 e. The Morgan fingerprint density at radius 3 is 2.37 bits per heavy atom. The highest BCUT2D eigenvalue weighted by molar-refractivity contribution is 6.04. The monoisotopic (exact) mass is 811 g/mol. The lowest BCUT2D eigenvalue weighted by Gasteiger charge is -2.39. The number of pyridine rings is 1. The van der Waals surface area contributed by atoms with Crippen LogP contribution in [0.4, 0.5) is 5.69 Å². The fourth-order valence-electron chi connectivity index (χ4n) is 10.2. The van der Waals surface area contributed by atoms with E-state index in [0.717, 1.165) is 78.0 Å². The van der Waals surface area contributed by atoms with Crippen LogP contribution >= 0.6 is 0 Å². The number of allylic oxidation sites excluding steroid dienone is 1. The van der Waals surface area contributed by atoms with E-state index in [1.54, 1.807) is 12.4 Å². The highest BCUT2D eigenvalue weighted by Crippen LogP contribution is 2.33. The molecule has 60 heavy (non-hydrogen) atoms. The number of carbonyl (C=O) groups excluding carboxylic acids is 4. The number of likely N-dealkylation sites (tertiary alicyclic amines) is 2. The molecule has 1 N–H and O–H groups in total. The second-order valence-corrected chi connectivity index (χ2v) is 17.7. The van der Waals surface area contributed by atoms with Gasteiger partial charge in [0.25, 0.3) is 0 Å². The highest BCUT2D eigenvalue weighted by Gasteiger charge is 2.36. The van der Waals surface area contributed by atoms with Crippen molar-refractivity contribution in [3.05, 3.63) is 99.9 Å². The summed E-state index contributed by atoms with van der Waals surface area (Å²) in [6.07, 6.45) is 13.5. The first-order chi connectivity index (χ1) is 29.2. The summed E-state index contributed by atoms with van der Waals surface area (Å²) in [6, 6.07) is 15.6. The number of hydrogen-bond donors (Lipinski definition) is 1. The third kappa shape index (κ3) is 9.72. The van der Waals surface area contributed by atoms with Crippen LogP contribution in [0, 0.1) is 24.7 Å². The van der Waals surface area contributed by atoms with Crippen LogP contribution in [-0.4, -0.2) is 114 Å². The summed E-state index contributed by atoms with van der Waals surface area (Å²) in [5.74, 6) is -0.367. The van der Waals surface area contributed by atoms with Crippen molar-refractivity contribution in [3.8, 4) is 0 Å². The zero-order chi connectivity index (χ0) is 41.6. The van der Waals surface area contributed by atoms with Gasteiger partial charge in [0.15, 0.2) is 5.78 Å². The number of Topliss-reactive ketones (excluding diaryl/α,β-unsaturated/α-hetero) is 1. The van der Waals surface area contributed by atoms with Crippen molar-refractivity contribution in [1.29, 1.82) is 0 Å². The van der Waals surface area contributed by atoms with Crippen molar-refractivity contribution >= 4 is 41.5 Å². The van der Waals surface area contributed by atoms with Crippen LogP contribution < -0.4 is 10.2 Å². The Morgan fingerprint density at radius 2 is 1.62 bits per heavy atom. The van der Waals surface area contributed by atoms with Gasteiger partial charge in [-0.3, -0.25) is 29.2 Å². The molecule has 2 atom stereocenters. The predicted molar refractivity (Wildman–Crippen MR) is 236 cm³/mol. The average molecular weight is 812 g/mol. The number of rotatable bonds is 13. The minimum atomic E-state index is -0.665. The zero-order valence-electron chi connectivity index (χ0n) is 35.5. The summed E-state index contributed by atoms with van der Waals surface area (Å²) in [5.41, 5.74) is 8.55. The fraction of sp³-hybridized carbons (Fsp3) is 0.510. The van der Waals surface area contributed by atoms with E-state index in [9.17, 15) is 19.2 Å². The van der Waals surface area contributed by atoms with Crippen LogP contribution in [0.15, 0.2) is 71.5 Å². The summed E-state index contributed by atoms with van der Waals surface area (Å²) >= 11 is 0. The number of anilines is 1. The summed E-state index contributed by atoms with van der Waals surface area (Å²) < 4.78 is 0. The van der Waals surface area contributed by atoms with E-state index < -0.39 is 12.0 Å². The van der Waals surface area contributed by atoms with Crippen molar-refractivity contribution in [2.24, 2.45) is 22.7 Å². The number of amides is 3. The molecule has 3 saturated heterocycles. The number of benzene rings is 2. The maximum atomic E-state index is 14.7. The predicted octanol–water partition coefficient (Wildman–Crippen LogP) is 5.66. The van der Waals surface area contributed by atoms with Gasteiger partial charge >= 0.3 is 0 Å². The molecule has 11 nitrogen and oxygen atoms in total. The molecular formula is C49H61N7O4. The lowest BCUT2D eigenvalue weighted by Crippen LogP contribution is -2.56. The lowest BCUT2D eigenvalue weighted by atomic mass is 9.80. The molecule has 3 aromatic rings. The topological polar surface area (TPSA) is 119 Å². The Labute approximate surface area is 355 Å². The van der Waals surface area contributed by atoms with E-state index in [1.165, 1.54) is 5.56 Å². The number of fused-ring (bicyclic) bond motifs is 2. The third-order valence-corrected chi connectivity index (χ3v) is 13.7. The van der Waals surface area contributed by atoms with Crippen LogP contribution in [0.1, 0.15) is 85.3 Å². The number of aliphatic imine (C=N–C) groups is 1. The number of aromatic nitrogens is 1. The minimum Gasteiger partial charge on any atom is -0.368 e. The molecule has 1 aromatic heterocycles. The minimum absolute atomic E-state index is 0.0281. The second kappa shape index (κ2) is 19.0. The third-order valence-electron chi connectivity index (χ3n) is 13.7. The average Bonchev–Trinajstić information content (AvgIpc) is 3.76. The van der Waals surface area contributed by atoms with Crippen molar-refractivity contribution in [2.75, 3.05) is 63.8 Å². The molecule has 5 aliphatic rings. The van der Waals surface area contributed by atoms with Gasteiger partial charge in [0.05, 0.1) is 12.5 Å². The maximum absolute atomic E-state index is 14.7. The summed E-state index contributed by atoms with van der Waals surface area (Å²) in [4.78, 5) is 74.0. The van der Waals surface area contributed by atoms with Crippen LogP contribution in [0.2, 0.25) is 0 Å². The molecule has 0 saturated carbocycles. The maximum Gasteiger partial charge on any atom is 0.245 e. The Balaban J connectivity index is 0.979. The molecule has 0 radical (unpaired) electrons. The van der Waals surface area contributed by atoms with Gasteiger partial charge in [0.2, 0.25) is 17.7 Å². The number of carbonyl (C=O) groups is 4. The van der Waals surface area contributed by atoms with E-state index in [4.69, 9.17) is 0 Å². The highest BCUT2D eigenvalue weighted by atomic mass is 16.2. The van der Waals surface area contributed by atoms with Crippen molar-refractivity contribution in [1.82, 2.24) is 25.0 Å². The lowest BCUT2D eigenvalue weighted by molar-refractivity contribution is -0.140. The number of piperidine rings is 2. The molecule has 5 heterocycles. The number of nitrogens with one attached hydrogen (secondary N) is 1. The van der Waals surface area contributed by atoms with E-state index in [0.29, 0.717) is 83.8 Å². The zero-order valence-corrected chi connectivity index (χ0v) is 35.5. The van der Waals surface area contributed by atoms with E-state index >= 15 is 0 Å². The van der Waals surface area contributed by atoms with Gasteiger partial charge in [0.1, 0.15) is 6.04 Å². The Bertz CT molecular complexity index is 2090.